The van der Waals surface area contributed by atoms with E-state index in [1.54, 1.807) is 18.2 Å². The number of carbonyl (C=O) groups excluding carboxylic acids is 2. The molecule has 6 nitrogen and oxygen atoms in total. The normalized spacial score (nSPS) is 10.5. The van der Waals surface area contributed by atoms with Gasteiger partial charge in [0.2, 0.25) is 5.91 Å². The van der Waals surface area contributed by atoms with Crippen LogP contribution in [0.25, 0.3) is 10.8 Å². The molecule has 1 heterocycles. The van der Waals surface area contributed by atoms with E-state index in [0.717, 1.165) is 10.8 Å². The fourth-order valence-corrected chi connectivity index (χ4v) is 2.96. The van der Waals surface area contributed by atoms with Crippen LogP contribution in [0, 0.1) is 0 Å². The van der Waals surface area contributed by atoms with Gasteiger partial charge in [0.05, 0.1) is 11.8 Å². The molecule has 1 aromatic heterocycles. The van der Waals surface area contributed by atoms with Crippen LogP contribution in [0.3, 0.4) is 0 Å². The number of rotatable bonds is 5. The highest BCUT2D eigenvalue weighted by molar-refractivity contribution is 6.09. The van der Waals surface area contributed by atoms with Crippen LogP contribution < -0.4 is 15.8 Å². The maximum absolute atomic E-state index is 12.5. The minimum absolute atomic E-state index is 0.173. The molecule has 0 aliphatic rings. The molecule has 6 heteroatoms. The Morgan fingerprint density at radius 2 is 1.66 bits per heavy atom. The van der Waals surface area contributed by atoms with Crippen molar-refractivity contribution in [1.29, 1.82) is 0 Å². The summed E-state index contributed by atoms with van der Waals surface area (Å²) in [4.78, 5) is 27.7. The highest BCUT2D eigenvalue weighted by Gasteiger charge is 2.09. The number of fused-ring (bicyclic) bond motifs is 1. The summed E-state index contributed by atoms with van der Waals surface area (Å²) in [6.45, 7) is 0. The maximum atomic E-state index is 12.5. The maximum Gasteiger partial charge on any atom is 0.255 e. The first-order valence-electron chi connectivity index (χ1n) is 8.92. The second-order valence-corrected chi connectivity index (χ2v) is 6.38. The number of nitrogens with one attached hydrogen (secondary N) is 1. The largest absolute Gasteiger partial charge is 0.456 e. The lowest BCUT2D eigenvalue weighted by molar-refractivity contribution is 0.0997. The van der Waals surface area contributed by atoms with Crippen LogP contribution in [-0.2, 0) is 0 Å². The van der Waals surface area contributed by atoms with E-state index < -0.39 is 5.91 Å². The zero-order valence-electron chi connectivity index (χ0n) is 15.3. The summed E-state index contributed by atoms with van der Waals surface area (Å²) in [6, 6.07) is 21.7. The number of pyridine rings is 1. The Labute approximate surface area is 167 Å². The molecule has 4 aromatic rings. The number of anilines is 1. The standard InChI is InChI=1S/C23H17N3O3/c24-22(27)17-12-19(14-25-13-17)29-18-9-10-20-16(11-18)7-4-8-21(20)26-23(28)15-5-2-1-3-6-15/h1-14H,(H2,24,27)(H,26,28). The molecule has 0 saturated carbocycles. The van der Waals surface area contributed by atoms with Gasteiger partial charge in [-0.25, -0.2) is 0 Å². The predicted octanol–water partition coefficient (Wildman–Crippen LogP) is 4.38. The first-order valence-corrected chi connectivity index (χ1v) is 8.92. The number of nitrogens with zero attached hydrogens (tertiary/aromatic N) is 1. The molecular weight excluding hydrogens is 366 g/mol. The third-order valence-corrected chi connectivity index (χ3v) is 4.37. The fraction of sp³-hybridized carbons (Fsp3) is 0. The molecule has 0 saturated heterocycles. The summed E-state index contributed by atoms with van der Waals surface area (Å²) in [5.41, 5.74) is 6.85. The third-order valence-electron chi connectivity index (χ3n) is 4.37. The molecule has 0 atom stereocenters. The number of ether oxygens (including phenoxy) is 1. The van der Waals surface area contributed by atoms with E-state index in [1.807, 2.05) is 48.5 Å². The summed E-state index contributed by atoms with van der Waals surface area (Å²) >= 11 is 0. The number of benzene rings is 3. The molecule has 0 spiro atoms. The van der Waals surface area contributed by atoms with Crippen LogP contribution in [0.2, 0.25) is 0 Å². The zero-order chi connectivity index (χ0) is 20.2. The van der Waals surface area contributed by atoms with Gasteiger partial charge in [0.15, 0.2) is 0 Å². The van der Waals surface area contributed by atoms with E-state index in [9.17, 15) is 9.59 Å². The number of amides is 2. The van der Waals surface area contributed by atoms with E-state index in [-0.39, 0.29) is 11.5 Å². The second kappa shape index (κ2) is 7.82. The Morgan fingerprint density at radius 3 is 2.45 bits per heavy atom. The van der Waals surface area contributed by atoms with Crippen LogP contribution >= 0.6 is 0 Å². The number of carbonyl (C=O) groups is 2. The molecule has 3 N–H and O–H groups in total. The van der Waals surface area contributed by atoms with Crippen molar-refractivity contribution < 1.29 is 14.3 Å². The van der Waals surface area contributed by atoms with Gasteiger partial charge < -0.3 is 15.8 Å². The van der Waals surface area contributed by atoms with Crippen molar-refractivity contribution in [3.8, 4) is 11.5 Å². The van der Waals surface area contributed by atoms with Crippen LogP contribution in [0.5, 0.6) is 11.5 Å². The lowest BCUT2D eigenvalue weighted by atomic mass is 10.1. The average Bonchev–Trinajstić information content (AvgIpc) is 2.74. The van der Waals surface area contributed by atoms with Crippen molar-refractivity contribution >= 4 is 28.3 Å². The van der Waals surface area contributed by atoms with Gasteiger partial charge in [0, 0.05) is 22.8 Å². The van der Waals surface area contributed by atoms with E-state index in [0.29, 0.717) is 22.7 Å². The van der Waals surface area contributed by atoms with Gasteiger partial charge >= 0.3 is 0 Å². The van der Waals surface area contributed by atoms with E-state index >= 15 is 0 Å². The molecule has 4 rings (SSSR count). The number of primary amides is 1. The lowest BCUT2D eigenvalue weighted by Gasteiger charge is -2.11. The third kappa shape index (κ3) is 4.06. The second-order valence-electron chi connectivity index (χ2n) is 6.38. The van der Waals surface area contributed by atoms with E-state index in [4.69, 9.17) is 10.5 Å². The highest BCUT2D eigenvalue weighted by atomic mass is 16.5. The predicted molar refractivity (Wildman–Crippen MR) is 111 cm³/mol. The summed E-state index contributed by atoms with van der Waals surface area (Å²) < 4.78 is 5.81. The Morgan fingerprint density at radius 1 is 0.828 bits per heavy atom. The van der Waals surface area contributed by atoms with Gasteiger partial charge in [-0.3, -0.25) is 14.6 Å². The van der Waals surface area contributed by atoms with E-state index in [2.05, 4.69) is 10.3 Å². The topological polar surface area (TPSA) is 94.3 Å². The van der Waals surface area contributed by atoms with Gasteiger partial charge in [0.25, 0.3) is 5.91 Å². The average molecular weight is 383 g/mol. The molecule has 142 valence electrons. The van der Waals surface area contributed by atoms with Gasteiger partial charge in [-0.2, -0.15) is 0 Å². The molecule has 29 heavy (non-hydrogen) atoms. The smallest absolute Gasteiger partial charge is 0.255 e. The number of aromatic nitrogens is 1. The summed E-state index contributed by atoms with van der Waals surface area (Å²) in [5.74, 6) is 0.245. The molecule has 0 aliphatic heterocycles. The Balaban J connectivity index is 1.60. The minimum atomic E-state index is -0.569. The van der Waals surface area contributed by atoms with Gasteiger partial charge in [-0.1, -0.05) is 30.3 Å². The van der Waals surface area contributed by atoms with Crippen molar-refractivity contribution in [2.24, 2.45) is 5.73 Å². The molecule has 0 unspecified atom stereocenters. The summed E-state index contributed by atoms with van der Waals surface area (Å²) in [7, 11) is 0. The molecule has 3 aromatic carbocycles. The minimum Gasteiger partial charge on any atom is -0.456 e. The number of hydrogen-bond donors (Lipinski definition) is 2. The van der Waals surface area contributed by atoms with Gasteiger partial charge in [-0.15, -0.1) is 0 Å². The van der Waals surface area contributed by atoms with Crippen molar-refractivity contribution in [3.05, 3.63) is 96.3 Å². The van der Waals surface area contributed by atoms with Crippen molar-refractivity contribution in [2.45, 2.75) is 0 Å². The molecular formula is C23H17N3O3. The zero-order valence-corrected chi connectivity index (χ0v) is 15.3. The van der Waals surface area contributed by atoms with Gasteiger partial charge in [0.1, 0.15) is 11.5 Å². The first kappa shape index (κ1) is 18.2. The van der Waals surface area contributed by atoms with Crippen LogP contribution in [0.1, 0.15) is 20.7 Å². The van der Waals surface area contributed by atoms with Crippen molar-refractivity contribution in [1.82, 2.24) is 4.98 Å². The summed E-state index contributed by atoms with van der Waals surface area (Å²) in [5, 5.41) is 4.73. The fourth-order valence-electron chi connectivity index (χ4n) is 2.96. The Kier molecular flexibility index (Phi) is 4.90. The number of nitrogens with two attached hydrogens (primary N) is 1. The summed E-state index contributed by atoms with van der Waals surface area (Å²) in [6.07, 6.45) is 2.89. The monoisotopic (exact) mass is 383 g/mol. The highest BCUT2D eigenvalue weighted by Crippen LogP contribution is 2.30. The van der Waals surface area contributed by atoms with Crippen LogP contribution in [-0.4, -0.2) is 16.8 Å². The quantitative estimate of drug-likeness (QED) is 0.535. The van der Waals surface area contributed by atoms with Crippen LogP contribution in [0.15, 0.2) is 85.2 Å². The molecule has 0 fully saturated rings. The van der Waals surface area contributed by atoms with Gasteiger partial charge in [-0.05, 0) is 47.9 Å². The number of hydrogen-bond acceptors (Lipinski definition) is 4. The Hall–Kier alpha value is -4.19. The van der Waals surface area contributed by atoms with Crippen LogP contribution in [0.4, 0.5) is 5.69 Å². The SMILES string of the molecule is NC(=O)c1cncc(Oc2ccc3c(NC(=O)c4ccccc4)cccc3c2)c1. The molecule has 0 aliphatic carbocycles. The van der Waals surface area contributed by atoms with E-state index in [1.165, 1.54) is 18.5 Å². The molecule has 2 amide bonds. The molecule has 0 bridgehead atoms. The Bertz CT molecular complexity index is 1210. The molecule has 0 radical (unpaired) electrons. The lowest BCUT2D eigenvalue weighted by Crippen LogP contribution is -2.11. The van der Waals surface area contributed by atoms with Crippen molar-refractivity contribution in [2.75, 3.05) is 5.32 Å². The first-order chi connectivity index (χ1) is 14.1. The van der Waals surface area contributed by atoms with Crippen molar-refractivity contribution in [3.63, 3.8) is 0 Å².